The van der Waals surface area contributed by atoms with Crippen LogP contribution >= 0.6 is 0 Å². The van der Waals surface area contributed by atoms with Crippen molar-refractivity contribution in [3.05, 3.63) is 0 Å². The molecule has 0 fully saturated rings. The Labute approximate surface area is 57.4 Å². The normalized spacial score (nSPS) is 17.2. The molecule has 9 heavy (non-hydrogen) atoms. The molecule has 0 aromatic heterocycles. The standard InChI is InChI=1S/C5H12O3S/c1-5(6)3-2-4-9(7)8/h5-6H,2-4H2,1H3,(H,7,8). The summed E-state index contributed by atoms with van der Waals surface area (Å²) < 4.78 is 18.3. The Bertz CT molecular complexity index is 92.2. The van der Waals surface area contributed by atoms with Crippen LogP contribution < -0.4 is 0 Å². The van der Waals surface area contributed by atoms with Crippen molar-refractivity contribution in [2.75, 3.05) is 5.75 Å². The van der Waals surface area contributed by atoms with Gasteiger partial charge in [-0.2, -0.15) is 0 Å². The highest BCUT2D eigenvalue weighted by Crippen LogP contribution is 1.95. The molecule has 0 aliphatic heterocycles. The minimum Gasteiger partial charge on any atom is -0.393 e. The van der Waals surface area contributed by atoms with Crippen molar-refractivity contribution in [2.24, 2.45) is 0 Å². The molecule has 0 spiro atoms. The molecular formula is C5H12O3S. The molecule has 0 saturated heterocycles. The topological polar surface area (TPSA) is 57.5 Å². The fourth-order valence-corrected chi connectivity index (χ4v) is 0.916. The molecule has 0 rings (SSSR count). The summed E-state index contributed by atoms with van der Waals surface area (Å²) in [5.41, 5.74) is 0. The summed E-state index contributed by atoms with van der Waals surface area (Å²) in [6.45, 7) is 1.67. The molecule has 0 amide bonds. The van der Waals surface area contributed by atoms with Crippen molar-refractivity contribution >= 4 is 11.1 Å². The third-order valence-electron chi connectivity index (χ3n) is 0.941. The van der Waals surface area contributed by atoms with E-state index in [1.807, 2.05) is 0 Å². The fraction of sp³-hybridized carbons (Fsp3) is 1.00. The number of aliphatic hydroxyl groups is 1. The number of hydrogen-bond donors (Lipinski definition) is 2. The van der Waals surface area contributed by atoms with Crippen LogP contribution in [0.1, 0.15) is 19.8 Å². The average molecular weight is 152 g/mol. The highest BCUT2D eigenvalue weighted by atomic mass is 32.2. The van der Waals surface area contributed by atoms with Crippen molar-refractivity contribution in [3.8, 4) is 0 Å². The lowest BCUT2D eigenvalue weighted by Crippen LogP contribution is -2.02. The first kappa shape index (κ1) is 9.07. The van der Waals surface area contributed by atoms with Gasteiger partial charge in [-0.3, -0.25) is 0 Å². The molecule has 2 atom stereocenters. The van der Waals surface area contributed by atoms with Gasteiger partial charge >= 0.3 is 0 Å². The second-order valence-electron chi connectivity index (χ2n) is 2.02. The highest BCUT2D eigenvalue weighted by Gasteiger charge is 1.97. The first-order chi connectivity index (χ1) is 4.13. The van der Waals surface area contributed by atoms with E-state index in [1.165, 1.54) is 0 Å². The SMILES string of the molecule is CC(O)CCCS(=O)O. The second-order valence-corrected chi connectivity index (χ2v) is 3.07. The van der Waals surface area contributed by atoms with Gasteiger partial charge < -0.3 is 9.66 Å². The Kier molecular flexibility index (Phi) is 4.94. The van der Waals surface area contributed by atoms with Crippen LogP contribution in [0.15, 0.2) is 0 Å². The predicted molar refractivity (Wildman–Crippen MR) is 36.6 cm³/mol. The first-order valence-electron chi connectivity index (χ1n) is 2.88. The van der Waals surface area contributed by atoms with Gasteiger partial charge in [0.05, 0.1) is 6.10 Å². The highest BCUT2D eigenvalue weighted by molar-refractivity contribution is 7.79. The summed E-state index contributed by atoms with van der Waals surface area (Å²) in [6.07, 6.45) is 0.862. The molecule has 3 nitrogen and oxygen atoms in total. The molecular weight excluding hydrogens is 140 g/mol. The van der Waals surface area contributed by atoms with E-state index < -0.39 is 11.1 Å². The molecule has 0 aliphatic rings. The van der Waals surface area contributed by atoms with Crippen LogP contribution in [0.2, 0.25) is 0 Å². The van der Waals surface area contributed by atoms with Crippen molar-refractivity contribution < 1.29 is 13.9 Å². The van der Waals surface area contributed by atoms with Gasteiger partial charge in [-0.15, -0.1) is 0 Å². The molecule has 0 aromatic rings. The molecule has 0 aliphatic carbocycles. The van der Waals surface area contributed by atoms with Gasteiger partial charge in [0.15, 0.2) is 11.1 Å². The van der Waals surface area contributed by atoms with Crippen molar-refractivity contribution in [2.45, 2.75) is 25.9 Å². The van der Waals surface area contributed by atoms with Gasteiger partial charge in [0, 0.05) is 5.75 Å². The predicted octanol–water partition coefficient (Wildman–Crippen LogP) is 0.369. The average Bonchev–Trinajstić information content (AvgIpc) is 1.63. The molecule has 2 unspecified atom stereocenters. The fourth-order valence-electron chi connectivity index (χ4n) is 0.502. The Hall–Kier alpha value is 0.0700. The van der Waals surface area contributed by atoms with Crippen molar-refractivity contribution in [3.63, 3.8) is 0 Å². The number of aliphatic hydroxyl groups excluding tert-OH is 1. The van der Waals surface area contributed by atoms with Crippen LogP contribution in [0.3, 0.4) is 0 Å². The summed E-state index contributed by atoms with van der Waals surface area (Å²) >= 11 is -1.69. The minimum absolute atomic E-state index is 0.269. The maximum absolute atomic E-state index is 10.0. The lowest BCUT2D eigenvalue weighted by molar-refractivity contribution is 0.184. The molecule has 0 saturated carbocycles. The van der Waals surface area contributed by atoms with Gasteiger partial charge in [0.25, 0.3) is 0 Å². The third kappa shape index (κ3) is 8.07. The summed E-state index contributed by atoms with van der Waals surface area (Å²) in [7, 11) is 0. The monoisotopic (exact) mass is 152 g/mol. The molecule has 4 heteroatoms. The maximum atomic E-state index is 10.0. The van der Waals surface area contributed by atoms with E-state index in [0.29, 0.717) is 12.8 Å². The summed E-state index contributed by atoms with van der Waals surface area (Å²) in [5, 5.41) is 8.68. The molecule has 2 N–H and O–H groups in total. The van der Waals surface area contributed by atoms with Gasteiger partial charge in [-0.25, -0.2) is 4.21 Å². The second kappa shape index (κ2) is 4.90. The zero-order valence-electron chi connectivity index (χ0n) is 5.41. The van der Waals surface area contributed by atoms with Crippen LogP contribution in [-0.4, -0.2) is 25.7 Å². The number of rotatable bonds is 4. The van der Waals surface area contributed by atoms with E-state index in [0.717, 1.165) is 0 Å². The molecule has 0 heterocycles. The molecule has 0 aromatic carbocycles. The van der Waals surface area contributed by atoms with Crippen molar-refractivity contribution in [1.82, 2.24) is 0 Å². The Balaban J connectivity index is 3.01. The summed E-state index contributed by atoms with van der Waals surface area (Å²) in [4.78, 5) is 0. The van der Waals surface area contributed by atoms with E-state index in [2.05, 4.69) is 0 Å². The Morgan fingerprint density at radius 3 is 2.56 bits per heavy atom. The van der Waals surface area contributed by atoms with E-state index in [-0.39, 0.29) is 11.9 Å². The van der Waals surface area contributed by atoms with E-state index in [1.54, 1.807) is 6.92 Å². The van der Waals surface area contributed by atoms with Crippen LogP contribution in [-0.2, 0) is 11.1 Å². The summed E-state index contributed by atoms with van der Waals surface area (Å²) in [6, 6.07) is 0. The van der Waals surface area contributed by atoms with E-state index >= 15 is 0 Å². The van der Waals surface area contributed by atoms with Gasteiger partial charge in [0.2, 0.25) is 0 Å². The molecule has 56 valence electrons. The third-order valence-corrected chi connectivity index (χ3v) is 1.58. The van der Waals surface area contributed by atoms with Crippen LogP contribution in [0.25, 0.3) is 0 Å². The minimum atomic E-state index is -1.69. The smallest absolute Gasteiger partial charge is 0.152 e. The van der Waals surface area contributed by atoms with E-state index in [4.69, 9.17) is 9.66 Å². The van der Waals surface area contributed by atoms with Gasteiger partial charge in [-0.05, 0) is 19.8 Å². The van der Waals surface area contributed by atoms with Crippen LogP contribution in [0, 0.1) is 0 Å². The van der Waals surface area contributed by atoms with Gasteiger partial charge in [-0.1, -0.05) is 0 Å². The zero-order valence-corrected chi connectivity index (χ0v) is 6.23. The molecule has 0 bridgehead atoms. The summed E-state index contributed by atoms with van der Waals surface area (Å²) in [5.74, 6) is 0.269. The van der Waals surface area contributed by atoms with Crippen LogP contribution in [0.5, 0.6) is 0 Å². The number of hydrogen-bond acceptors (Lipinski definition) is 2. The lowest BCUT2D eigenvalue weighted by atomic mass is 10.2. The zero-order chi connectivity index (χ0) is 7.28. The maximum Gasteiger partial charge on any atom is 0.152 e. The van der Waals surface area contributed by atoms with E-state index in [9.17, 15) is 4.21 Å². The van der Waals surface area contributed by atoms with Gasteiger partial charge in [0.1, 0.15) is 0 Å². The quantitative estimate of drug-likeness (QED) is 0.572. The largest absolute Gasteiger partial charge is 0.393 e. The Morgan fingerprint density at radius 2 is 2.22 bits per heavy atom. The lowest BCUT2D eigenvalue weighted by Gasteiger charge is -1.99. The van der Waals surface area contributed by atoms with Crippen molar-refractivity contribution in [1.29, 1.82) is 0 Å². The molecule has 0 radical (unpaired) electrons. The first-order valence-corrected chi connectivity index (χ1v) is 4.16. The van der Waals surface area contributed by atoms with Crippen LogP contribution in [0.4, 0.5) is 0 Å². The Morgan fingerprint density at radius 1 is 1.67 bits per heavy atom.